The van der Waals surface area contributed by atoms with E-state index >= 15 is 0 Å². The molecule has 0 aliphatic carbocycles. The molecule has 1 rings (SSSR count). The number of allylic oxidation sites excluding steroid dienone is 2. The number of ether oxygens (including phenoxy) is 1. The second-order valence-corrected chi connectivity index (χ2v) is 5.39. The number of hydrogen-bond acceptors (Lipinski definition) is 2. The summed E-state index contributed by atoms with van der Waals surface area (Å²) in [6, 6.07) is 4.18. The molecule has 0 atom stereocenters. The lowest BCUT2D eigenvalue weighted by molar-refractivity contribution is -0.113. The Labute approximate surface area is 116 Å². The molecule has 1 aromatic rings. The van der Waals surface area contributed by atoms with E-state index < -0.39 is 0 Å². The van der Waals surface area contributed by atoms with Gasteiger partial charge < -0.3 is 4.74 Å². The van der Waals surface area contributed by atoms with Gasteiger partial charge in [-0.3, -0.25) is 4.79 Å². The van der Waals surface area contributed by atoms with Crippen LogP contribution in [0.3, 0.4) is 0 Å². The Morgan fingerprint density at radius 1 is 1.11 bits per heavy atom. The SMILES string of the molecule is COc1c(C)cc(C(C)=C(C(C)=O)C(C)C)cc1C. The molecule has 0 saturated carbocycles. The van der Waals surface area contributed by atoms with Crippen LogP contribution in [0.5, 0.6) is 5.75 Å². The number of aryl methyl sites for hydroxylation is 2. The van der Waals surface area contributed by atoms with Crippen LogP contribution in [0.4, 0.5) is 0 Å². The van der Waals surface area contributed by atoms with E-state index in [0.717, 1.165) is 33.6 Å². The van der Waals surface area contributed by atoms with E-state index in [4.69, 9.17) is 4.74 Å². The molecule has 0 radical (unpaired) electrons. The van der Waals surface area contributed by atoms with Gasteiger partial charge in [-0.1, -0.05) is 13.8 Å². The highest BCUT2D eigenvalue weighted by atomic mass is 16.5. The van der Waals surface area contributed by atoms with Gasteiger partial charge in [0.15, 0.2) is 5.78 Å². The first-order valence-electron chi connectivity index (χ1n) is 6.66. The van der Waals surface area contributed by atoms with Crippen molar-refractivity contribution >= 4 is 11.4 Å². The summed E-state index contributed by atoms with van der Waals surface area (Å²) >= 11 is 0. The van der Waals surface area contributed by atoms with E-state index in [2.05, 4.69) is 26.0 Å². The Morgan fingerprint density at radius 3 is 1.89 bits per heavy atom. The molecule has 0 aliphatic heterocycles. The average Bonchev–Trinajstić information content (AvgIpc) is 2.27. The number of ketones is 1. The summed E-state index contributed by atoms with van der Waals surface area (Å²) in [7, 11) is 1.69. The highest BCUT2D eigenvalue weighted by molar-refractivity contribution is 6.01. The third-order valence-electron chi connectivity index (χ3n) is 3.46. The number of methoxy groups -OCH3 is 1. The lowest BCUT2D eigenvalue weighted by Gasteiger charge is -2.16. The average molecular weight is 260 g/mol. The molecular formula is C17H24O2. The number of carbonyl (C=O) groups is 1. The van der Waals surface area contributed by atoms with Crippen molar-refractivity contribution in [2.75, 3.05) is 7.11 Å². The fraction of sp³-hybridized carbons (Fsp3) is 0.471. The molecule has 0 aromatic heterocycles. The first-order chi connectivity index (χ1) is 8.79. The summed E-state index contributed by atoms with van der Waals surface area (Å²) in [6.07, 6.45) is 0. The Bertz CT molecular complexity index is 499. The molecule has 0 spiro atoms. The van der Waals surface area contributed by atoms with Gasteiger partial charge in [0.1, 0.15) is 5.75 Å². The molecule has 0 saturated heterocycles. The van der Waals surface area contributed by atoms with Crippen molar-refractivity contribution in [2.24, 2.45) is 5.92 Å². The number of benzene rings is 1. The first-order valence-corrected chi connectivity index (χ1v) is 6.66. The Morgan fingerprint density at radius 2 is 1.58 bits per heavy atom. The van der Waals surface area contributed by atoms with Crippen LogP contribution in [0.15, 0.2) is 17.7 Å². The van der Waals surface area contributed by atoms with Crippen LogP contribution < -0.4 is 4.74 Å². The molecule has 2 heteroatoms. The number of rotatable bonds is 4. The van der Waals surface area contributed by atoms with E-state index in [9.17, 15) is 4.79 Å². The Hall–Kier alpha value is -1.57. The van der Waals surface area contributed by atoms with Gasteiger partial charge >= 0.3 is 0 Å². The van der Waals surface area contributed by atoms with E-state index in [1.807, 2.05) is 20.8 Å². The maximum Gasteiger partial charge on any atom is 0.156 e. The Kier molecular flexibility index (Phi) is 4.93. The van der Waals surface area contributed by atoms with Crippen molar-refractivity contribution in [1.82, 2.24) is 0 Å². The number of hydrogen-bond donors (Lipinski definition) is 0. The number of Topliss-reactive ketones (excluding diaryl/α,β-unsaturated/α-hetero) is 1. The maximum absolute atomic E-state index is 11.8. The van der Waals surface area contributed by atoms with E-state index in [-0.39, 0.29) is 11.7 Å². The minimum atomic E-state index is 0.152. The van der Waals surface area contributed by atoms with Gasteiger partial charge in [-0.25, -0.2) is 0 Å². The largest absolute Gasteiger partial charge is 0.496 e. The molecular weight excluding hydrogens is 236 g/mol. The highest BCUT2D eigenvalue weighted by Gasteiger charge is 2.15. The summed E-state index contributed by atoms with van der Waals surface area (Å²) < 4.78 is 5.38. The molecule has 0 bridgehead atoms. The first kappa shape index (κ1) is 15.5. The van der Waals surface area contributed by atoms with Crippen molar-refractivity contribution in [3.05, 3.63) is 34.4 Å². The Balaban J connectivity index is 3.45. The predicted octanol–water partition coefficient (Wildman–Crippen LogP) is 4.33. The lowest BCUT2D eigenvalue weighted by Crippen LogP contribution is -2.07. The summed E-state index contributed by atoms with van der Waals surface area (Å²) in [6.45, 7) is 11.9. The molecule has 0 fully saturated rings. The van der Waals surface area contributed by atoms with Crippen molar-refractivity contribution in [2.45, 2.75) is 41.5 Å². The zero-order valence-corrected chi connectivity index (χ0v) is 13.0. The van der Waals surface area contributed by atoms with Gasteiger partial charge in [-0.15, -0.1) is 0 Å². The quantitative estimate of drug-likeness (QED) is 0.753. The molecule has 1 aromatic carbocycles. The standard InChI is InChI=1S/C17H24O2/c1-10(2)16(14(6)18)13(5)15-8-11(3)17(19-7)12(4)9-15/h8-10H,1-7H3. The number of carbonyl (C=O) groups excluding carboxylic acids is 1. The molecule has 0 unspecified atom stereocenters. The molecule has 19 heavy (non-hydrogen) atoms. The smallest absolute Gasteiger partial charge is 0.156 e. The van der Waals surface area contributed by atoms with Crippen LogP contribution in [-0.2, 0) is 4.79 Å². The van der Waals surface area contributed by atoms with Gasteiger partial charge in [0.2, 0.25) is 0 Å². The van der Waals surface area contributed by atoms with E-state index in [1.54, 1.807) is 14.0 Å². The van der Waals surface area contributed by atoms with Crippen molar-refractivity contribution in [3.8, 4) is 5.75 Å². The highest BCUT2D eigenvalue weighted by Crippen LogP contribution is 2.30. The lowest BCUT2D eigenvalue weighted by atomic mass is 9.89. The van der Waals surface area contributed by atoms with E-state index in [0.29, 0.717) is 0 Å². The third kappa shape index (κ3) is 3.25. The summed E-state index contributed by atoms with van der Waals surface area (Å²) in [5.74, 6) is 1.31. The second kappa shape index (κ2) is 6.05. The van der Waals surface area contributed by atoms with Gasteiger partial charge in [-0.2, -0.15) is 0 Å². The van der Waals surface area contributed by atoms with Gasteiger partial charge in [0.25, 0.3) is 0 Å². The van der Waals surface area contributed by atoms with Crippen LogP contribution in [0.2, 0.25) is 0 Å². The fourth-order valence-corrected chi connectivity index (χ4v) is 2.75. The molecule has 2 nitrogen and oxygen atoms in total. The summed E-state index contributed by atoms with van der Waals surface area (Å²) in [5.41, 5.74) is 5.28. The van der Waals surface area contributed by atoms with Gasteiger partial charge in [0.05, 0.1) is 7.11 Å². The van der Waals surface area contributed by atoms with Gasteiger partial charge in [0, 0.05) is 5.57 Å². The summed E-state index contributed by atoms with van der Waals surface area (Å²) in [5, 5.41) is 0. The fourth-order valence-electron chi connectivity index (χ4n) is 2.75. The van der Waals surface area contributed by atoms with Crippen LogP contribution in [0, 0.1) is 19.8 Å². The van der Waals surface area contributed by atoms with Gasteiger partial charge in [-0.05, 0) is 68.0 Å². The van der Waals surface area contributed by atoms with Crippen LogP contribution in [0.1, 0.15) is 44.4 Å². The minimum Gasteiger partial charge on any atom is -0.496 e. The third-order valence-corrected chi connectivity index (χ3v) is 3.46. The van der Waals surface area contributed by atoms with Crippen molar-refractivity contribution < 1.29 is 9.53 Å². The van der Waals surface area contributed by atoms with Crippen LogP contribution >= 0.6 is 0 Å². The second-order valence-electron chi connectivity index (χ2n) is 5.39. The van der Waals surface area contributed by atoms with Crippen molar-refractivity contribution in [3.63, 3.8) is 0 Å². The monoisotopic (exact) mass is 260 g/mol. The van der Waals surface area contributed by atoms with Crippen LogP contribution in [-0.4, -0.2) is 12.9 Å². The van der Waals surface area contributed by atoms with E-state index in [1.165, 1.54) is 0 Å². The topological polar surface area (TPSA) is 26.3 Å². The minimum absolute atomic E-state index is 0.152. The van der Waals surface area contributed by atoms with Crippen LogP contribution in [0.25, 0.3) is 5.57 Å². The predicted molar refractivity (Wildman–Crippen MR) is 80.6 cm³/mol. The molecule has 0 amide bonds. The molecule has 0 aliphatic rings. The van der Waals surface area contributed by atoms with Crippen molar-refractivity contribution in [1.29, 1.82) is 0 Å². The molecule has 0 N–H and O–H groups in total. The maximum atomic E-state index is 11.8. The zero-order valence-electron chi connectivity index (χ0n) is 13.0. The summed E-state index contributed by atoms with van der Waals surface area (Å²) in [4.78, 5) is 11.8. The zero-order chi connectivity index (χ0) is 14.7. The normalized spacial score (nSPS) is 12.4. The molecule has 104 valence electrons. The molecule has 0 heterocycles.